The Morgan fingerprint density at radius 2 is 1.63 bits per heavy atom. The molecule has 0 fully saturated rings. The van der Waals surface area contributed by atoms with Crippen LogP contribution < -0.4 is 4.74 Å². The van der Waals surface area contributed by atoms with Crippen molar-refractivity contribution in [3.8, 4) is 16.9 Å². The maximum Gasteiger partial charge on any atom is 0.167 e. The van der Waals surface area contributed by atoms with Crippen LogP contribution >= 0.6 is 0 Å². The molecule has 4 aromatic rings. The maximum atomic E-state index is 11.7. The lowest BCUT2D eigenvalue weighted by molar-refractivity contribution is 0.111. The first-order chi connectivity index (χ1) is 13.2. The highest BCUT2D eigenvalue weighted by Gasteiger charge is 2.14. The number of carbonyl (C=O) groups excluding carboxylic acids is 1. The lowest BCUT2D eigenvalue weighted by atomic mass is 10.00. The molecule has 0 N–H and O–H groups in total. The molecule has 2 heterocycles. The summed E-state index contributed by atoms with van der Waals surface area (Å²) in [5, 5.41) is 0. The second-order valence-electron chi connectivity index (χ2n) is 6.77. The van der Waals surface area contributed by atoms with Gasteiger partial charge in [-0.25, -0.2) is 0 Å². The Kier molecular flexibility index (Phi) is 4.51. The molecule has 0 aliphatic carbocycles. The van der Waals surface area contributed by atoms with E-state index in [2.05, 4.69) is 30.3 Å². The van der Waals surface area contributed by atoms with Crippen molar-refractivity contribution in [3.63, 3.8) is 0 Å². The number of pyridine rings is 1. The molecule has 0 spiro atoms. The van der Waals surface area contributed by atoms with Gasteiger partial charge in [0.15, 0.2) is 6.29 Å². The molecule has 3 heteroatoms. The Hall–Kier alpha value is -3.33. The molecule has 2 aromatic heterocycles. The minimum atomic E-state index is 0.539. The third kappa shape index (κ3) is 3.24. The van der Waals surface area contributed by atoms with Gasteiger partial charge < -0.3 is 9.14 Å². The monoisotopic (exact) mass is 355 g/mol. The van der Waals surface area contributed by atoms with Crippen LogP contribution in [0.25, 0.3) is 16.6 Å². The van der Waals surface area contributed by atoms with Crippen LogP contribution in [0.3, 0.4) is 0 Å². The Morgan fingerprint density at radius 1 is 0.926 bits per heavy atom. The van der Waals surface area contributed by atoms with Crippen molar-refractivity contribution in [2.45, 2.75) is 20.5 Å². The van der Waals surface area contributed by atoms with Crippen LogP contribution in [0.15, 0.2) is 72.9 Å². The Morgan fingerprint density at radius 3 is 2.33 bits per heavy atom. The molecular weight excluding hydrogens is 334 g/mol. The van der Waals surface area contributed by atoms with Crippen LogP contribution in [0.1, 0.15) is 27.2 Å². The van der Waals surface area contributed by atoms with Crippen molar-refractivity contribution in [3.05, 3.63) is 95.3 Å². The topological polar surface area (TPSA) is 30.7 Å². The second kappa shape index (κ2) is 7.12. The normalized spacial score (nSPS) is 10.9. The van der Waals surface area contributed by atoms with Gasteiger partial charge in [-0.15, -0.1) is 0 Å². The van der Waals surface area contributed by atoms with Gasteiger partial charge in [-0.05, 0) is 66.4 Å². The molecule has 3 nitrogen and oxygen atoms in total. The summed E-state index contributed by atoms with van der Waals surface area (Å²) in [4.78, 5) is 11.7. The van der Waals surface area contributed by atoms with E-state index in [-0.39, 0.29) is 0 Å². The Bertz CT molecular complexity index is 1090. The van der Waals surface area contributed by atoms with E-state index in [9.17, 15) is 4.79 Å². The van der Waals surface area contributed by atoms with Gasteiger partial charge in [0.05, 0.1) is 5.69 Å². The number of fused-ring (bicyclic) bond motifs is 1. The molecule has 134 valence electrons. The highest BCUT2D eigenvalue weighted by Crippen LogP contribution is 2.33. The summed E-state index contributed by atoms with van der Waals surface area (Å²) in [6.07, 6.45) is 2.84. The van der Waals surface area contributed by atoms with Crippen molar-refractivity contribution < 1.29 is 9.53 Å². The molecule has 0 atom stereocenters. The highest BCUT2D eigenvalue weighted by atomic mass is 16.5. The quantitative estimate of drug-likeness (QED) is 0.435. The number of carbonyl (C=O) groups is 1. The van der Waals surface area contributed by atoms with Crippen molar-refractivity contribution >= 4 is 11.8 Å². The minimum Gasteiger partial charge on any atom is -0.488 e. The van der Waals surface area contributed by atoms with E-state index in [1.165, 1.54) is 0 Å². The van der Waals surface area contributed by atoms with E-state index in [1.54, 1.807) is 0 Å². The molecule has 0 aliphatic rings. The van der Waals surface area contributed by atoms with Gasteiger partial charge in [-0.1, -0.05) is 36.4 Å². The zero-order valence-corrected chi connectivity index (χ0v) is 15.5. The van der Waals surface area contributed by atoms with Crippen LogP contribution in [0.5, 0.6) is 5.75 Å². The predicted octanol–water partition coefficient (Wildman–Crippen LogP) is 5.61. The fourth-order valence-corrected chi connectivity index (χ4v) is 3.56. The zero-order chi connectivity index (χ0) is 18.8. The Labute approximate surface area is 158 Å². The summed E-state index contributed by atoms with van der Waals surface area (Å²) in [5.74, 6) is 0.902. The maximum absolute atomic E-state index is 11.7. The fraction of sp³-hybridized carbons (Fsp3) is 0.125. The Balaban J connectivity index is 1.71. The van der Waals surface area contributed by atoms with E-state index in [0.29, 0.717) is 12.3 Å². The number of aldehydes is 1. The lowest BCUT2D eigenvalue weighted by Gasteiger charge is -2.14. The summed E-state index contributed by atoms with van der Waals surface area (Å²) >= 11 is 0. The van der Waals surface area contributed by atoms with Gasteiger partial charge in [0, 0.05) is 17.3 Å². The molecule has 0 amide bonds. The average Bonchev–Trinajstić information content (AvgIpc) is 3.06. The summed E-state index contributed by atoms with van der Waals surface area (Å²) < 4.78 is 8.01. The van der Waals surface area contributed by atoms with Crippen molar-refractivity contribution in [2.75, 3.05) is 0 Å². The molecule has 0 bridgehead atoms. The molecule has 0 radical (unpaired) electrons. The molecule has 0 saturated heterocycles. The third-order valence-electron chi connectivity index (χ3n) is 4.83. The van der Waals surface area contributed by atoms with Crippen molar-refractivity contribution in [1.29, 1.82) is 0 Å². The van der Waals surface area contributed by atoms with Crippen LogP contribution in [0.4, 0.5) is 0 Å². The molecule has 2 aromatic carbocycles. The minimum absolute atomic E-state index is 0.539. The van der Waals surface area contributed by atoms with Crippen molar-refractivity contribution in [2.24, 2.45) is 0 Å². The van der Waals surface area contributed by atoms with Crippen LogP contribution in [-0.2, 0) is 6.61 Å². The smallest absolute Gasteiger partial charge is 0.167 e. The number of nitrogens with zero attached hydrogens (tertiary/aromatic N) is 1. The third-order valence-corrected chi connectivity index (χ3v) is 4.83. The SMILES string of the molecule is Cc1cc(-c2cc3ccccn3c2C=O)cc(C)c1OCc1ccccc1. The largest absolute Gasteiger partial charge is 0.488 e. The fourth-order valence-electron chi connectivity index (χ4n) is 3.56. The molecule has 0 saturated carbocycles. The van der Waals surface area contributed by atoms with E-state index in [4.69, 9.17) is 4.74 Å². The van der Waals surface area contributed by atoms with Gasteiger partial charge in [0.2, 0.25) is 0 Å². The van der Waals surface area contributed by atoms with Gasteiger partial charge in [0.1, 0.15) is 12.4 Å². The number of hydrogen-bond acceptors (Lipinski definition) is 2. The number of hydrogen-bond donors (Lipinski definition) is 0. The number of aryl methyl sites for hydroxylation is 2. The van der Waals surface area contributed by atoms with Gasteiger partial charge in [-0.2, -0.15) is 0 Å². The first-order valence-electron chi connectivity index (χ1n) is 9.01. The summed E-state index contributed by atoms with van der Waals surface area (Å²) in [5.41, 5.74) is 6.92. The van der Waals surface area contributed by atoms with E-state index >= 15 is 0 Å². The standard InChI is InChI=1S/C24H21NO2/c1-17-12-20(22-14-21-10-6-7-11-25(21)23(22)15-26)13-18(2)24(17)27-16-19-8-4-3-5-9-19/h3-15H,16H2,1-2H3. The van der Waals surface area contributed by atoms with E-state index in [0.717, 1.165) is 45.4 Å². The number of aromatic nitrogens is 1. The van der Waals surface area contributed by atoms with Crippen LogP contribution in [0, 0.1) is 13.8 Å². The van der Waals surface area contributed by atoms with Crippen molar-refractivity contribution in [1.82, 2.24) is 4.40 Å². The first-order valence-corrected chi connectivity index (χ1v) is 9.01. The summed E-state index contributed by atoms with van der Waals surface area (Å²) in [7, 11) is 0. The van der Waals surface area contributed by atoms with Gasteiger partial charge >= 0.3 is 0 Å². The van der Waals surface area contributed by atoms with Gasteiger partial charge in [0.25, 0.3) is 0 Å². The molecular formula is C24H21NO2. The van der Waals surface area contributed by atoms with Crippen LogP contribution in [0.2, 0.25) is 0 Å². The molecule has 0 aliphatic heterocycles. The summed E-state index contributed by atoms with van der Waals surface area (Å²) in [6, 6.07) is 22.3. The summed E-state index contributed by atoms with van der Waals surface area (Å²) in [6.45, 7) is 4.64. The van der Waals surface area contributed by atoms with E-state index < -0.39 is 0 Å². The number of benzene rings is 2. The highest BCUT2D eigenvalue weighted by molar-refractivity contribution is 5.90. The van der Waals surface area contributed by atoms with E-state index in [1.807, 2.05) is 60.8 Å². The molecule has 27 heavy (non-hydrogen) atoms. The van der Waals surface area contributed by atoms with Gasteiger partial charge in [-0.3, -0.25) is 4.79 Å². The predicted molar refractivity (Wildman–Crippen MR) is 108 cm³/mol. The first kappa shape index (κ1) is 17.1. The number of rotatable bonds is 5. The lowest BCUT2D eigenvalue weighted by Crippen LogP contribution is -1.99. The molecule has 4 rings (SSSR count). The second-order valence-corrected chi connectivity index (χ2v) is 6.77. The van der Waals surface area contributed by atoms with Crippen LogP contribution in [-0.4, -0.2) is 10.7 Å². The zero-order valence-electron chi connectivity index (χ0n) is 15.5. The number of ether oxygens (including phenoxy) is 1. The molecule has 0 unspecified atom stereocenters. The average molecular weight is 355 g/mol.